The molecule has 9 heteroatoms. The van der Waals surface area contributed by atoms with Gasteiger partial charge in [-0.15, -0.1) is 0 Å². The maximum Gasteiger partial charge on any atom is 0.326 e. The average molecular weight is 473 g/mol. The lowest BCUT2D eigenvalue weighted by molar-refractivity contribution is 0.262. The molecule has 4 aromatic heterocycles. The summed E-state index contributed by atoms with van der Waals surface area (Å²) in [5.74, 6) is 0.699. The molecular formula is C27H20N8O. The van der Waals surface area contributed by atoms with Crippen molar-refractivity contribution in [2.45, 2.75) is 12.8 Å². The summed E-state index contributed by atoms with van der Waals surface area (Å²) in [6.45, 7) is 0. The van der Waals surface area contributed by atoms with E-state index in [2.05, 4.69) is 52.7 Å². The fourth-order valence-electron chi connectivity index (χ4n) is 3.89. The first-order valence-electron chi connectivity index (χ1n) is 11.5. The highest BCUT2D eigenvalue weighted by Gasteiger charge is 2.11. The van der Waals surface area contributed by atoms with Crippen LogP contribution < -0.4 is 10.6 Å². The van der Waals surface area contributed by atoms with E-state index in [0.717, 1.165) is 29.7 Å². The molecule has 0 unspecified atom stereocenters. The van der Waals surface area contributed by atoms with Gasteiger partial charge in [-0.25, -0.2) is 24.7 Å². The van der Waals surface area contributed by atoms with E-state index in [1.54, 1.807) is 36.7 Å². The van der Waals surface area contributed by atoms with Gasteiger partial charge in [-0.3, -0.25) is 20.6 Å². The Morgan fingerprint density at radius 3 is 1.97 bits per heavy atom. The molecule has 2 N–H and O–H groups in total. The minimum Gasteiger partial charge on any atom is -0.292 e. The molecule has 0 atom stereocenters. The summed E-state index contributed by atoms with van der Waals surface area (Å²) in [7, 11) is 0. The molecule has 0 saturated carbocycles. The van der Waals surface area contributed by atoms with Gasteiger partial charge in [0.05, 0.1) is 23.8 Å². The van der Waals surface area contributed by atoms with Crippen LogP contribution in [0.5, 0.6) is 0 Å². The summed E-state index contributed by atoms with van der Waals surface area (Å²) in [6.07, 6.45) is 11.7. The molecule has 0 radical (unpaired) electrons. The largest absolute Gasteiger partial charge is 0.326 e. The topological polar surface area (TPSA) is 118 Å². The van der Waals surface area contributed by atoms with Gasteiger partial charge >= 0.3 is 6.03 Å². The Morgan fingerprint density at radius 2 is 1.33 bits per heavy atom. The zero-order valence-electron chi connectivity index (χ0n) is 19.1. The number of fused-ring (bicyclic) bond motifs is 2. The van der Waals surface area contributed by atoms with E-state index >= 15 is 0 Å². The number of rotatable bonds is 4. The fraction of sp³-hybridized carbons (Fsp3) is 0.0741. The summed E-state index contributed by atoms with van der Waals surface area (Å²) < 4.78 is 0. The number of amides is 2. The lowest BCUT2D eigenvalue weighted by Gasteiger charge is -2.09. The Bertz CT molecular complexity index is 1660. The van der Waals surface area contributed by atoms with Crippen molar-refractivity contribution in [2.75, 3.05) is 10.6 Å². The molecule has 0 bridgehead atoms. The van der Waals surface area contributed by atoms with Crippen LogP contribution in [0.25, 0.3) is 39.2 Å². The van der Waals surface area contributed by atoms with Crippen LogP contribution in [0.15, 0.2) is 85.2 Å². The molecule has 9 nitrogen and oxygen atoms in total. The van der Waals surface area contributed by atoms with Crippen LogP contribution in [0.1, 0.15) is 18.5 Å². The third-order valence-corrected chi connectivity index (χ3v) is 5.66. The van der Waals surface area contributed by atoms with Crippen molar-refractivity contribution in [1.29, 1.82) is 0 Å². The van der Waals surface area contributed by atoms with Crippen LogP contribution in [0.3, 0.4) is 0 Å². The molecule has 174 valence electrons. The summed E-state index contributed by atoms with van der Waals surface area (Å²) in [6, 6.07) is 16.1. The van der Waals surface area contributed by atoms with Crippen LogP contribution in [0.4, 0.5) is 16.4 Å². The van der Waals surface area contributed by atoms with Gasteiger partial charge in [-0.05, 0) is 42.7 Å². The first-order valence-corrected chi connectivity index (χ1v) is 11.5. The third-order valence-electron chi connectivity index (χ3n) is 5.66. The summed E-state index contributed by atoms with van der Waals surface area (Å²) >= 11 is 0. The second kappa shape index (κ2) is 9.30. The molecule has 0 aliphatic heterocycles. The number of pyridine rings is 2. The van der Waals surface area contributed by atoms with Crippen LogP contribution in [0.2, 0.25) is 0 Å². The molecule has 6 rings (SSSR count). The molecule has 5 aromatic rings. The van der Waals surface area contributed by atoms with E-state index in [4.69, 9.17) is 0 Å². The summed E-state index contributed by atoms with van der Waals surface area (Å²) in [5, 5.41) is 5.46. The number of hydrogen-bond donors (Lipinski definition) is 2. The summed E-state index contributed by atoms with van der Waals surface area (Å²) in [5.41, 5.74) is 5.60. The number of carbonyl (C=O) groups is 1. The predicted octanol–water partition coefficient (Wildman–Crippen LogP) is 5.41. The predicted molar refractivity (Wildman–Crippen MR) is 139 cm³/mol. The van der Waals surface area contributed by atoms with Crippen molar-refractivity contribution in [1.82, 2.24) is 29.9 Å². The van der Waals surface area contributed by atoms with Crippen molar-refractivity contribution >= 4 is 45.6 Å². The quantitative estimate of drug-likeness (QED) is 0.359. The van der Waals surface area contributed by atoms with Gasteiger partial charge in [-0.2, -0.15) is 0 Å². The molecule has 36 heavy (non-hydrogen) atoms. The number of nitrogens with one attached hydrogen (secondary N) is 2. The van der Waals surface area contributed by atoms with Gasteiger partial charge in [0, 0.05) is 5.56 Å². The zero-order chi connectivity index (χ0) is 24.3. The Morgan fingerprint density at radius 1 is 0.694 bits per heavy atom. The molecule has 4 heterocycles. The van der Waals surface area contributed by atoms with E-state index in [1.807, 2.05) is 36.4 Å². The Hall–Kier alpha value is -5.05. The molecule has 0 spiro atoms. The average Bonchev–Trinajstić information content (AvgIpc) is 2.93. The number of benzene rings is 1. The van der Waals surface area contributed by atoms with E-state index in [1.165, 1.54) is 0 Å². The second-order valence-corrected chi connectivity index (χ2v) is 8.17. The Labute approximate surface area is 206 Å². The number of hydrogen-bond acceptors (Lipinski definition) is 7. The highest BCUT2D eigenvalue weighted by atomic mass is 16.2. The number of nitrogens with zero attached hydrogens (tertiary/aromatic N) is 6. The second-order valence-electron chi connectivity index (χ2n) is 8.17. The van der Waals surface area contributed by atoms with Gasteiger partial charge in [-0.1, -0.05) is 48.6 Å². The first kappa shape index (κ1) is 21.5. The lowest BCUT2D eigenvalue weighted by Crippen LogP contribution is -2.20. The van der Waals surface area contributed by atoms with Gasteiger partial charge in [0.25, 0.3) is 0 Å². The van der Waals surface area contributed by atoms with Crippen molar-refractivity contribution in [3.8, 4) is 11.3 Å². The van der Waals surface area contributed by atoms with Crippen LogP contribution in [-0.4, -0.2) is 35.9 Å². The maximum absolute atomic E-state index is 12.7. The van der Waals surface area contributed by atoms with Gasteiger partial charge < -0.3 is 0 Å². The van der Waals surface area contributed by atoms with E-state index in [0.29, 0.717) is 39.7 Å². The monoisotopic (exact) mass is 472 g/mol. The van der Waals surface area contributed by atoms with Gasteiger partial charge in [0.1, 0.15) is 22.7 Å². The number of carbonyl (C=O) groups excluding carboxylic acids is 1. The van der Waals surface area contributed by atoms with Gasteiger partial charge in [0.15, 0.2) is 11.3 Å². The first-order chi connectivity index (χ1) is 17.7. The number of allylic oxidation sites excluding steroid dienone is 4. The van der Waals surface area contributed by atoms with Crippen molar-refractivity contribution < 1.29 is 4.79 Å². The molecular weight excluding hydrogens is 452 g/mol. The Kier molecular flexibility index (Phi) is 5.55. The molecule has 2 amide bonds. The number of urea groups is 1. The zero-order valence-corrected chi connectivity index (χ0v) is 19.1. The third kappa shape index (κ3) is 4.49. The van der Waals surface area contributed by atoms with Crippen LogP contribution >= 0.6 is 0 Å². The standard InChI is InChI=1S/C27H20N8O/c36-27(34-23-13-11-19-25(32-23)30-21(15-28-19)17-7-3-1-4-8-17)35-24-14-12-20-26(33-24)31-22(16-29-20)18-9-5-2-6-10-18/h1,3-5,7-16H,2,6H2,(H2,30,31,32,33,34,35,36). The molecule has 1 aliphatic rings. The minimum absolute atomic E-state index is 0.346. The van der Waals surface area contributed by atoms with E-state index in [-0.39, 0.29) is 0 Å². The molecule has 0 fully saturated rings. The highest BCUT2D eigenvalue weighted by molar-refractivity contribution is 5.99. The van der Waals surface area contributed by atoms with E-state index in [9.17, 15) is 4.79 Å². The number of aromatic nitrogens is 6. The van der Waals surface area contributed by atoms with Crippen molar-refractivity contribution in [3.63, 3.8) is 0 Å². The Balaban J connectivity index is 1.20. The smallest absolute Gasteiger partial charge is 0.292 e. The fourth-order valence-corrected chi connectivity index (χ4v) is 3.89. The summed E-state index contributed by atoms with van der Waals surface area (Å²) in [4.78, 5) is 39.7. The lowest BCUT2D eigenvalue weighted by atomic mass is 10.0. The number of anilines is 2. The molecule has 1 aromatic carbocycles. The minimum atomic E-state index is -0.483. The van der Waals surface area contributed by atoms with Crippen molar-refractivity contribution in [2.24, 2.45) is 0 Å². The molecule has 0 saturated heterocycles. The van der Waals surface area contributed by atoms with Crippen LogP contribution in [-0.2, 0) is 0 Å². The maximum atomic E-state index is 12.7. The van der Waals surface area contributed by atoms with Crippen molar-refractivity contribution in [3.05, 3.63) is 90.9 Å². The normalized spacial score (nSPS) is 12.9. The SMILES string of the molecule is O=C(Nc1ccc2ncc(C3=CCCC=C3)nc2n1)Nc1ccc2ncc(-c3ccccc3)nc2n1. The highest BCUT2D eigenvalue weighted by Crippen LogP contribution is 2.22. The molecule has 1 aliphatic carbocycles. The van der Waals surface area contributed by atoms with E-state index < -0.39 is 6.03 Å². The van der Waals surface area contributed by atoms with Crippen LogP contribution in [0, 0.1) is 0 Å². The van der Waals surface area contributed by atoms with Gasteiger partial charge in [0.2, 0.25) is 0 Å².